The fraction of sp³-hybridized carbons (Fsp3) is 0.565. The van der Waals surface area contributed by atoms with Crippen LogP contribution in [-0.2, 0) is 6.54 Å². The van der Waals surface area contributed by atoms with Crippen LogP contribution in [0.3, 0.4) is 0 Å². The molecule has 0 aromatic carbocycles. The molecule has 0 spiro atoms. The van der Waals surface area contributed by atoms with Gasteiger partial charge in [0.15, 0.2) is 0 Å². The number of nitrogens with one attached hydrogen (secondary N) is 1. The molecule has 1 rings (SSSR count). The predicted molar refractivity (Wildman–Crippen MR) is 111 cm³/mol. The van der Waals surface area contributed by atoms with Crippen molar-refractivity contribution < 1.29 is 0 Å². The Morgan fingerprint density at radius 3 is 2.64 bits per heavy atom. The van der Waals surface area contributed by atoms with Gasteiger partial charge in [0.05, 0.1) is 0 Å². The van der Waals surface area contributed by atoms with Crippen LogP contribution in [0.1, 0.15) is 78.3 Å². The fourth-order valence-corrected chi connectivity index (χ4v) is 2.58. The highest BCUT2D eigenvalue weighted by atomic mass is 15.0. The third-order valence-electron chi connectivity index (χ3n) is 4.16. The van der Waals surface area contributed by atoms with Gasteiger partial charge in [0.1, 0.15) is 0 Å². The number of rotatable bonds is 10. The van der Waals surface area contributed by atoms with E-state index in [9.17, 15) is 0 Å². The van der Waals surface area contributed by atoms with Gasteiger partial charge in [-0.3, -0.25) is 0 Å². The van der Waals surface area contributed by atoms with Gasteiger partial charge >= 0.3 is 0 Å². The first-order valence-corrected chi connectivity index (χ1v) is 9.77. The van der Waals surface area contributed by atoms with Gasteiger partial charge in [0.25, 0.3) is 0 Å². The van der Waals surface area contributed by atoms with Crippen LogP contribution in [-0.4, -0.2) is 11.1 Å². The molecule has 138 valence electrons. The zero-order valence-electron chi connectivity index (χ0n) is 16.9. The molecule has 2 heteroatoms. The highest BCUT2D eigenvalue weighted by Crippen LogP contribution is 2.19. The van der Waals surface area contributed by atoms with E-state index in [2.05, 4.69) is 80.9 Å². The summed E-state index contributed by atoms with van der Waals surface area (Å²) in [5.41, 5.74) is 3.77. The highest BCUT2D eigenvalue weighted by molar-refractivity contribution is 5.32. The Labute approximate surface area is 155 Å². The standard InChI is InChI=1S/C23H36N2/c1-6-8-16-24-23(14-13-21(5)12-10-11-20(3)4)22-15-18-25(19-22)17-9-7-2/h11,13,15,18-19,23-24H,6-9,14,16-17H2,1-5H3/b21-13+. The van der Waals surface area contributed by atoms with Gasteiger partial charge in [-0.1, -0.05) is 50.2 Å². The third-order valence-corrected chi connectivity index (χ3v) is 4.16. The molecular formula is C23H36N2. The molecule has 0 aliphatic rings. The summed E-state index contributed by atoms with van der Waals surface area (Å²) in [6, 6.07) is 2.63. The van der Waals surface area contributed by atoms with E-state index in [1.807, 2.05) is 6.08 Å². The van der Waals surface area contributed by atoms with E-state index >= 15 is 0 Å². The van der Waals surface area contributed by atoms with Crippen LogP contribution in [0.25, 0.3) is 0 Å². The molecule has 1 heterocycles. The molecule has 0 bridgehead atoms. The van der Waals surface area contributed by atoms with Crippen LogP contribution in [0.2, 0.25) is 0 Å². The Morgan fingerprint density at radius 1 is 1.20 bits per heavy atom. The minimum absolute atomic E-state index is 0.370. The normalized spacial score (nSPS) is 12.4. The molecule has 2 nitrogen and oxygen atoms in total. The molecule has 1 N–H and O–H groups in total. The van der Waals surface area contributed by atoms with E-state index in [0.29, 0.717) is 6.04 Å². The molecule has 0 aliphatic carbocycles. The van der Waals surface area contributed by atoms with Crippen LogP contribution in [0.5, 0.6) is 0 Å². The average Bonchev–Trinajstić information content (AvgIpc) is 3.04. The molecule has 0 amide bonds. The van der Waals surface area contributed by atoms with Crippen molar-refractivity contribution in [1.29, 1.82) is 0 Å². The summed E-state index contributed by atoms with van der Waals surface area (Å²) in [6.07, 6.45) is 14.6. The molecule has 0 radical (unpaired) electrons. The molecular weight excluding hydrogens is 304 g/mol. The summed E-state index contributed by atoms with van der Waals surface area (Å²) in [7, 11) is 0. The lowest BCUT2D eigenvalue weighted by Gasteiger charge is -2.16. The van der Waals surface area contributed by atoms with Crippen molar-refractivity contribution >= 4 is 0 Å². The monoisotopic (exact) mass is 340 g/mol. The van der Waals surface area contributed by atoms with Crippen molar-refractivity contribution in [1.82, 2.24) is 9.88 Å². The van der Waals surface area contributed by atoms with Crippen LogP contribution in [0.15, 0.2) is 41.8 Å². The van der Waals surface area contributed by atoms with E-state index < -0.39 is 0 Å². The Kier molecular flexibility index (Phi) is 10.8. The maximum Gasteiger partial charge on any atom is 0.0370 e. The lowest BCUT2D eigenvalue weighted by atomic mass is 10.0. The Bertz CT molecular complexity index is 604. The first-order valence-electron chi connectivity index (χ1n) is 9.77. The smallest absolute Gasteiger partial charge is 0.0370 e. The molecule has 1 atom stereocenters. The van der Waals surface area contributed by atoms with Crippen molar-refractivity contribution in [3.8, 4) is 11.8 Å². The number of aromatic nitrogens is 1. The SMILES string of the molecule is CCCCNC(C/C=C(\C)C#CC=C(C)C)c1ccn(CCCC)c1. The summed E-state index contributed by atoms with van der Waals surface area (Å²) in [5, 5.41) is 3.72. The van der Waals surface area contributed by atoms with Gasteiger partial charge in [-0.2, -0.15) is 0 Å². The van der Waals surface area contributed by atoms with E-state index in [1.54, 1.807) is 0 Å². The quantitative estimate of drug-likeness (QED) is 0.407. The largest absolute Gasteiger partial charge is 0.354 e. The first kappa shape index (κ1) is 21.3. The van der Waals surface area contributed by atoms with E-state index in [-0.39, 0.29) is 0 Å². The van der Waals surface area contributed by atoms with Gasteiger partial charge in [0, 0.05) is 25.0 Å². The maximum absolute atomic E-state index is 3.72. The lowest BCUT2D eigenvalue weighted by Crippen LogP contribution is -2.21. The van der Waals surface area contributed by atoms with E-state index in [1.165, 1.54) is 36.8 Å². The Balaban J connectivity index is 2.76. The topological polar surface area (TPSA) is 17.0 Å². The number of nitrogens with zero attached hydrogens (tertiary/aromatic N) is 1. The average molecular weight is 341 g/mol. The van der Waals surface area contributed by atoms with Gasteiger partial charge in [-0.05, 0) is 69.9 Å². The molecule has 1 unspecified atom stereocenters. The third kappa shape index (κ3) is 9.37. The maximum atomic E-state index is 3.72. The van der Waals surface area contributed by atoms with E-state index in [0.717, 1.165) is 25.1 Å². The van der Waals surface area contributed by atoms with Crippen LogP contribution in [0.4, 0.5) is 0 Å². The number of hydrogen-bond acceptors (Lipinski definition) is 1. The molecule has 0 saturated heterocycles. The number of hydrogen-bond donors (Lipinski definition) is 1. The van der Waals surface area contributed by atoms with Crippen LogP contribution < -0.4 is 5.32 Å². The second kappa shape index (κ2) is 12.6. The number of unbranched alkanes of at least 4 members (excludes halogenated alkanes) is 2. The Morgan fingerprint density at radius 2 is 1.96 bits per heavy atom. The minimum atomic E-state index is 0.370. The molecule has 25 heavy (non-hydrogen) atoms. The van der Waals surface area contributed by atoms with Crippen LogP contribution >= 0.6 is 0 Å². The zero-order chi connectivity index (χ0) is 18.5. The summed E-state index contributed by atoms with van der Waals surface area (Å²) in [4.78, 5) is 0. The van der Waals surface area contributed by atoms with Gasteiger partial charge < -0.3 is 9.88 Å². The summed E-state index contributed by atoms with van der Waals surface area (Å²) < 4.78 is 2.32. The lowest BCUT2D eigenvalue weighted by molar-refractivity contribution is 0.522. The zero-order valence-corrected chi connectivity index (χ0v) is 16.9. The summed E-state index contributed by atoms with van der Waals surface area (Å²) in [5.74, 6) is 6.35. The Hall–Kier alpha value is -1.72. The molecule has 1 aromatic rings. The second-order valence-electron chi connectivity index (χ2n) is 7.01. The number of allylic oxidation sites excluding steroid dienone is 3. The second-order valence-corrected chi connectivity index (χ2v) is 7.01. The van der Waals surface area contributed by atoms with Gasteiger partial charge in [-0.25, -0.2) is 0 Å². The molecule has 0 saturated carbocycles. The van der Waals surface area contributed by atoms with Gasteiger partial charge in [0.2, 0.25) is 0 Å². The number of aryl methyl sites for hydroxylation is 1. The van der Waals surface area contributed by atoms with E-state index in [4.69, 9.17) is 0 Å². The van der Waals surface area contributed by atoms with Crippen molar-refractivity contribution in [3.05, 3.63) is 47.3 Å². The van der Waals surface area contributed by atoms with Crippen molar-refractivity contribution in [2.24, 2.45) is 0 Å². The summed E-state index contributed by atoms with van der Waals surface area (Å²) in [6.45, 7) is 12.9. The van der Waals surface area contributed by atoms with Crippen molar-refractivity contribution in [2.45, 2.75) is 79.3 Å². The first-order chi connectivity index (χ1) is 12.1. The highest BCUT2D eigenvalue weighted by Gasteiger charge is 2.11. The fourth-order valence-electron chi connectivity index (χ4n) is 2.58. The van der Waals surface area contributed by atoms with Gasteiger partial charge in [-0.15, -0.1) is 0 Å². The van der Waals surface area contributed by atoms with Crippen molar-refractivity contribution in [2.75, 3.05) is 6.54 Å². The minimum Gasteiger partial charge on any atom is -0.354 e. The molecule has 0 fully saturated rings. The van der Waals surface area contributed by atoms with Crippen molar-refractivity contribution in [3.63, 3.8) is 0 Å². The summed E-state index contributed by atoms with van der Waals surface area (Å²) >= 11 is 0. The predicted octanol–water partition coefficient (Wildman–Crippen LogP) is 6.03. The van der Waals surface area contributed by atoms with Crippen LogP contribution in [0, 0.1) is 11.8 Å². The molecule has 1 aromatic heterocycles. The molecule has 0 aliphatic heterocycles.